The van der Waals surface area contributed by atoms with Gasteiger partial charge in [0.25, 0.3) is 5.56 Å². The summed E-state index contributed by atoms with van der Waals surface area (Å²) in [6.07, 6.45) is 1.74. The van der Waals surface area contributed by atoms with Crippen LogP contribution in [-0.2, 0) is 13.1 Å². The van der Waals surface area contributed by atoms with E-state index in [1.54, 1.807) is 18.7 Å². The number of nitrogens with zero attached hydrogens (tertiary/aromatic N) is 4. The molecule has 2 aromatic rings. The first-order chi connectivity index (χ1) is 9.87. The van der Waals surface area contributed by atoms with Gasteiger partial charge in [-0.15, -0.1) is 0 Å². The summed E-state index contributed by atoms with van der Waals surface area (Å²) in [5, 5.41) is 6.44. The van der Waals surface area contributed by atoms with E-state index < -0.39 is 18.3 Å². The highest BCUT2D eigenvalue weighted by Crippen LogP contribution is 2.19. The van der Waals surface area contributed by atoms with Crippen LogP contribution in [-0.4, -0.2) is 32.1 Å². The van der Waals surface area contributed by atoms with Crippen LogP contribution in [0, 0.1) is 0 Å². The van der Waals surface area contributed by atoms with E-state index >= 15 is 0 Å². The van der Waals surface area contributed by atoms with E-state index in [0.29, 0.717) is 23.5 Å². The number of hydrogen-bond donors (Lipinski definition) is 1. The van der Waals surface area contributed by atoms with Crippen molar-refractivity contribution in [2.24, 2.45) is 0 Å². The molecule has 0 aliphatic rings. The van der Waals surface area contributed by atoms with Crippen LogP contribution in [0.15, 0.2) is 34.2 Å². The van der Waals surface area contributed by atoms with Gasteiger partial charge in [-0.1, -0.05) is 0 Å². The summed E-state index contributed by atoms with van der Waals surface area (Å²) in [4.78, 5) is 15.6. The summed E-state index contributed by atoms with van der Waals surface area (Å²) in [6.45, 7) is -0.350. The van der Waals surface area contributed by atoms with Gasteiger partial charge in [0, 0.05) is 25.5 Å². The molecule has 0 unspecified atom stereocenters. The molecule has 10 heteroatoms. The molecule has 0 spiro atoms. The largest absolute Gasteiger partial charge is 0.408 e. The minimum absolute atomic E-state index is 0.0207. The van der Waals surface area contributed by atoms with Crippen molar-refractivity contribution >= 4 is 21.6 Å². The zero-order valence-corrected chi connectivity index (χ0v) is 12.2. The molecular formula is C11H11BrF3N5O. The molecule has 0 bridgehead atoms. The third-order valence-electron chi connectivity index (χ3n) is 2.56. The minimum Gasteiger partial charge on any atom is -0.381 e. The van der Waals surface area contributed by atoms with E-state index in [4.69, 9.17) is 0 Å². The maximum atomic E-state index is 12.3. The van der Waals surface area contributed by atoms with Crippen molar-refractivity contribution < 1.29 is 13.2 Å². The fourth-order valence-corrected chi connectivity index (χ4v) is 2.06. The number of rotatable bonds is 5. The van der Waals surface area contributed by atoms with E-state index in [9.17, 15) is 18.0 Å². The smallest absolute Gasteiger partial charge is 0.381 e. The Morgan fingerprint density at radius 3 is 2.76 bits per heavy atom. The van der Waals surface area contributed by atoms with Crippen LogP contribution >= 0.6 is 15.9 Å². The number of nitrogens with one attached hydrogen (secondary N) is 1. The van der Waals surface area contributed by atoms with Crippen LogP contribution in [0.25, 0.3) is 0 Å². The molecule has 0 aromatic carbocycles. The SMILES string of the molecule is O=c1c(Br)c(NCCn2ccnc2)cnn1CC(F)(F)F. The first-order valence-corrected chi connectivity index (χ1v) is 6.68. The third kappa shape index (κ3) is 4.31. The lowest BCUT2D eigenvalue weighted by molar-refractivity contribution is -0.143. The number of imidazole rings is 1. The summed E-state index contributed by atoms with van der Waals surface area (Å²) >= 11 is 3.00. The average Bonchev–Trinajstić information content (AvgIpc) is 2.89. The lowest BCUT2D eigenvalue weighted by Gasteiger charge is -2.12. The Kier molecular flexibility index (Phi) is 4.66. The second-order valence-electron chi connectivity index (χ2n) is 4.18. The van der Waals surface area contributed by atoms with Crippen LogP contribution in [0.1, 0.15) is 0 Å². The molecule has 2 rings (SSSR count). The fraction of sp³-hybridized carbons (Fsp3) is 0.364. The van der Waals surface area contributed by atoms with Crippen LogP contribution in [0.4, 0.5) is 18.9 Å². The van der Waals surface area contributed by atoms with Gasteiger partial charge in [-0.3, -0.25) is 4.79 Å². The van der Waals surface area contributed by atoms with Crippen molar-refractivity contribution in [3.8, 4) is 0 Å². The summed E-state index contributed by atoms with van der Waals surface area (Å²) in [6, 6.07) is 0. The van der Waals surface area contributed by atoms with Gasteiger partial charge < -0.3 is 9.88 Å². The summed E-state index contributed by atoms with van der Waals surface area (Å²) in [5.41, 5.74) is -0.488. The van der Waals surface area contributed by atoms with Gasteiger partial charge in [0.05, 0.1) is 18.2 Å². The van der Waals surface area contributed by atoms with Crippen molar-refractivity contribution in [2.45, 2.75) is 19.3 Å². The second kappa shape index (κ2) is 6.29. The average molecular weight is 366 g/mol. The minimum atomic E-state index is -4.49. The zero-order valence-electron chi connectivity index (χ0n) is 10.6. The maximum absolute atomic E-state index is 12.3. The molecule has 0 aliphatic heterocycles. The summed E-state index contributed by atoms with van der Waals surface area (Å²) < 4.78 is 39.0. The number of alkyl halides is 3. The van der Waals surface area contributed by atoms with E-state index in [2.05, 4.69) is 31.3 Å². The second-order valence-corrected chi connectivity index (χ2v) is 4.97. The van der Waals surface area contributed by atoms with Gasteiger partial charge in [0.15, 0.2) is 0 Å². The molecule has 0 saturated heterocycles. The Bertz CT molecular complexity index is 653. The van der Waals surface area contributed by atoms with Gasteiger partial charge >= 0.3 is 6.18 Å². The lowest BCUT2D eigenvalue weighted by atomic mass is 10.4. The first kappa shape index (κ1) is 15.5. The highest BCUT2D eigenvalue weighted by molar-refractivity contribution is 9.10. The molecule has 0 atom stereocenters. The molecule has 6 nitrogen and oxygen atoms in total. The Morgan fingerprint density at radius 1 is 1.38 bits per heavy atom. The zero-order chi connectivity index (χ0) is 15.5. The van der Waals surface area contributed by atoms with Crippen LogP contribution in [0.2, 0.25) is 0 Å². The number of aromatic nitrogens is 4. The Balaban J connectivity index is 2.04. The van der Waals surface area contributed by atoms with Gasteiger partial charge in [0.1, 0.15) is 11.0 Å². The summed E-state index contributed by atoms with van der Waals surface area (Å²) in [7, 11) is 0. The van der Waals surface area contributed by atoms with Crippen LogP contribution in [0.3, 0.4) is 0 Å². The standard InChI is InChI=1S/C11H11BrF3N5O/c12-9-8(17-2-4-19-3-1-16-7-19)5-18-20(10(9)21)6-11(13,14)15/h1,3,5,7,17H,2,4,6H2. The molecule has 0 aliphatic carbocycles. The fourth-order valence-electron chi connectivity index (χ4n) is 1.61. The molecule has 2 heterocycles. The maximum Gasteiger partial charge on any atom is 0.408 e. The third-order valence-corrected chi connectivity index (χ3v) is 3.32. The van der Waals surface area contributed by atoms with E-state index in [-0.39, 0.29) is 4.47 Å². The molecule has 114 valence electrons. The summed E-state index contributed by atoms with van der Waals surface area (Å²) in [5.74, 6) is 0. The van der Waals surface area contributed by atoms with Crippen molar-refractivity contribution in [3.63, 3.8) is 0 Å². The quantitative estimate of drug-likeness (QED) is 0.878. The molecule has 0 saturated carbocycles. The number of anilines is 1. The Morgan fingerprint density at radius 2 is 2.14 bits per heavy atom. The Labute approximate surface area is 125 Å². The van der Waals surface area contributed by atoms with Crippen LogP contribution < -0.4 is 10.9 Å². The highest BCUT2D eigenvalue weighted by atomic mass is 79.9. The van der Waals surface area contributed by atoms with E-state index in [1.165, 1.54) is 6.20 Å². The van der Waals surface area contributed by atoms with Crippen molar-refractivity contribution in [1.82, 2.24) is 19.3 Å². The van der Waals surface area contributed by atoms with Crippen molar-refractivity contribution in [3.05, 3.63) is 39.7 Å². The predicted octanol–water partition coefficient (Wildman–Crippen LogP) is 1.88. The van der Waals surface area contributed by atoms with Gasteiger partial charge in [-0.2, -0.15) is 18.3 Å². The number of halogens is 4. The van der Waals surface area contributed by atoms with E-state index in [1.807, 2.05) is 4.57 Å². The Hall–Kier alpha value is -1.84. The molecule has 0 radical (unpaired) electrons. The van der Waals surface area contributed by atoms with Crippen LogP contribution in [0.5, 0.6) is 0 Å². The number of hydrogen-bond acceptors (Lipinski definition) is 4. The molecule has 0 amide bonds. The van der Waals surface area contributed by atoms with Crippen molar-refractivity contribution in [1.29, 1.82) is 0 Å². The van der Waals surface area contributed by atoms with Crippen molar-refractivity contribution in [2.75, 3.05) is 11.9 Å². The molecule has 2 aromatic heterocycles. The lowest BCUT2D eigenvalue weighted by Crippen LogP contribution is -2.31. The predicted molar refractivity (Wildman–Crippen MR) is 73.0 cm³/mol. The highest BCUT2D eigenvalue weighted by Gasteiger charge is 2.29. The molecular weight excluding hydrogens is 355 g/mol. The monoisotopic (exact) mass is 365 g/mol. The normalized spacial score (nSPS) is 11.6. The molecule has 0 fully saturated rings. The van der Waals surface area contributed by atoms with Gasteiger partial charge in [0.2, 0.25) is 0 Å². The van der Waals surface area contributed by atoms with Gasteiger partial charge in [-0.25, -0.2) is 9.67 Å². The first-order valence-electron chi connectivity index (χ1n) is 5.89. The molecule has 21 heavy (non-hydrogen) atoms. The molecule has 1 N–H and O–H groups in total. The van der Waals surface area contributed by atoms with Gasteiger partial charge in [-0.05, 0) is 15.9 Å². The topological polar surface area (TPSA) is 64.7 Å². The van der Waals surface area contributed by atoms with E-state index in [0.717, 1.165) is 0 Å².